The quantitative estimate of drug-likeness (QED) is 0.0722. The Kier molecular flexibility index (Phi) is 14.8. The number of rotatable bonds is 14. The molecule has 4 aliphatic rings. The lowest BCUT2D eigenvalue weighted by Crippen LogP contribution is -2.53. The summed E-state index contributed by atoms with van der Waals surface area (Å²) in [4.78, 5) is 43.1. The molecule has 0 saturated carbocycles. The molecule has 3 aromatic carbocycles. The van der Waals surface area contributed by atoms with Crippen molar-refractivity contribution in [1.82, 2.24) is 35.3 Å². The number of piperazine rings is 1. The molecule has 9 rings (SSSR count). The van der Waals surface area contributed by atoms with Crippen LogP contribution in [0.2, 0.25) is 0 Å². The number of carbonyl (C=O) groups excluding carboxylic acids is 2. The Morgan fingerprint density at radius 3 is 2.25 bits per heavy atom. The van der Waals surface area contributed by atoms with Gasteiger partial charge in [-0.05, 0) is 116 Å². The summed E-state index contributed by atoms with van der Waals surface area (Å²) in [5.74, 6) is -1.34. The molecular weight excluding hydrogens is 967 g/mol. The Bertz CT molecular complexity index is 2730. The number of anilines is 6. The van der Waals surface area contributed by atoms with Crippen LogP contribution in [0.5, 0.6) is 5.75 Å². The molecule has 1 atom stereocenters. The van der Waals surface area contributed by atoms with Crippen molar-refractivity contribution in [2.45, 2.75) is 70.3 Å². The molecule has 2 aromatic heterocycles. The van der Waals surface area contributed by atoms with Crippen molar-refractivity contribution in [2.75, 3.05) is 99.8 Å². The normalized spacial score (nSPS) is 19.3. The molecule has 4 saturated heterocycles. The number of halogens is 3. The molecule has 69 heavy (non-hydrogen) atoms. The van der Waals surface area contributed by atoms with Gasteiger partial charge in [0.15, 0.2) is 0 Å². The minimum Gasteiger partial charge on any atom is -0.494 e. The van der Waals surface area contributed by atoms with Gasteiger partial charge in [0.2, 0.25) is 17.8 Å². The molecule has 2 amide bonds. The standard InChI is InChI=1S/C50H61BrF2N11O4P/c1-5-32-24-42(58-50-54-30-38(51)48(60-50)57-41-8-6-33-28-55-56-29-37(33)47(41)69(3,4)67)44(68-2)27-43(32)64-18-13-34(14-19-64)63-22-20-61(21-23-63)15-10-31-11-16-62(17-12-31)35-25-39(52)46(40(53)26-35)36-7-9-45(65)59-49(36)66/h6,8,24-31,34,36H,5,7,9-23H2,1-4H3,(H,59,65,66)(H2,54,57,58,60). The summed E-state index contributed by atoms with van der Waals surface area (Å²) in [6.07, 6.45) is 11.3. The number of nitrogens with zero attached hydrogens (tertiary/aromatic N) is 8. The van der Waals surface area contributed by atoms with Crippen LogP contribution in [0.15, 0.2) is 59.5 Å². The monoisotopic (exact) mass is 1030 g/mol. The van der Waals surface area contributed by atoms with Crippen molar-refractivity contribution < 1.29 is 27.7 Å². The number of hydrogen-bond donors (Lipinski definition) is 3. The Balaban J connectivity index is 0.750. The maximum atomic E-state index is 15.2. The van der Waals surface area contributed by atoms with Gasteiger partial charge in [0.05, 0.1) is 41.3 Å². The Labute approximate surface area is 410 Å². The van der Waals surface area contributed by atoms with Gasteiger partial charge in [0.25, 0.3) is 0 Å². The number of carbonyl (C=O) groups is 2. The maximum absolute atomic E-state index is 15.2. The number of benzene rings is 3. The first-order valence-corrected chi connectivity index (χ1v) is 27.5. The third kappa shape index (κ3) is 10.9. The average Bonchev–Trinajstić information content (AvgIpc) is 3.34. The zero-order valence-corrected chi connectivity index (χ0v) is 42.2. The molecule has 5 aromatic rings. The van der Waals surface area contributed by atoms with Crippen LogP contribution in [0.25, 0.3) is 10.8 Å². The molecule has 0 bridgehead atoms. The second-order valence-corrected chi connectivity index (χ2v) is 23.1. The van der Waals surface area contributed by atoms with Crippen LogP contribution in [0.4, 0.5) is 43.3 Å². The SMILES string of the molecule is CCc1cc(Nc2ncc(Br)c(Nc3ccc4cnncc4c3P(C)(C)=O)n2)c(OC)cc1N1CCC(N2CCN(CCC3CCN(c4cc(F)c(C5CCC(=O)NC5=O)c(F)c4)CC3)CC2)CC1. The first kappa shape index (κ1) is 48.7. The zero-order chi connectivity index (χ0) is 48.4. The summed E-state index contributed by atoms with van der Waals surface area (Å²) in [7, 11) is -1.06. The molecular formula is C50H61BrF2N11O4P. The number of amides is 2. The Morgan fingerprint density at radius 1 is 0.855 bits per heavy atom. The Morgan fingerprint density at radius 2 is 1.57 bits per heavy atom. The molecule has 4 fully saturated rings. The maximum Gasteiger partial charge on any atom is 0.234 e. The van der Waals surface area contributed by atoms with Crippen LogP contribution in [0.1, 0.15) is 68.9 Å². The number of hydrogen-bond acceptors (Lipinski definition) is 14. The number of nitrogens with one attached hydrogen (secondary N) is 3. The van der Waals surface area contributed by atoms with E-state index in [4.69, 9.17) is 9.72 Å². The van der Waals surface area contributed by atoms with E-state index >= 15 is 8.78 Å². The molecule has 6 heterocycles. The number of methoxy groups -OCH3 is 1. The zero-order valence-electron chi connectivity index (χ0n) is 39.7. The smallest absolute Gasteiger partial charge is 0.234 e. The Hall–Kier alpha value is -5.29. The minimum absolute atomic E-state index is 0.0704. The first-order valence-electron chi connectivity index (χ1n) is 24.1. The van der Waals surface area contributed by atoms with E-state index in [9.17, 15) is 14.2 Å². The van der Waals surface area contributed by atoms with Crippen molar-refractivity contribution in [3.63, 3.8) is 0 Å². The summed E-state index contributed by atoms with van der Waals surface area (Å²) in [6, 6.07) is 11.3. The fraction of sp³-hybridized carbons (Fsp3) is 0.480. The highest BCUT2D eigenvalue weighted by molar-refractivity contribution is 9.10. The fourth-order valence-corrected chi connectivity index (χ4v) is 12.5. The van der Waals surface area contributed by atoms with Gasteiger partial charge >= 0.3 is 0 Å². The molecule has 0 spiro atoms. The number of piperidine rings is 3. The molecule has 0 aliphatic carbocycles. The second kappa shape index (κ2) is 21.0. The van der Waals surface area contributed by atoms with Gasteiger partial charge in [-0.25, -0.2) is 13.8 Å². The molecule has 3 N–H and O–H groups in total. The summed E-state index contributed by atoms with van der Waals surface area (Å²) in [5.41, 5.74) is 4.10. The third-order valence-electron chi connectivity index (χ3n) is 14.5. The van der Waals surface area contributed by atoms with E-state index in [1.54, 1.807) is 39.0 Å². The second-order valence-electron chi connectivity index (χ2n) is 19.1. The van der Waals surface area contributed by atoms with Crippen LogP contribution in [-0.4, -0.2) is 127 Å². The van der Waals surface area contributed by atoms with E-state index < -0.39 is 36.5 Å². The van der Waals surface area contributed by atoms with E-state index in [0.29, 0.717) is 50.6 Å². The van der Waals surface area contributed by atoms with Gasteiger partial charge < -0.3 is 34.6 Å². The van der Waals surface area contributed by atoms with Gasteiger partial charge in [-0.1, -0.05) is 13.0 Å². The minimum atomic E-state index is -2.75. The number of aryl methyl sites for hydroxylation is 1. The molecule has 1 unspecified atom stereocenters. The first-order chi connectivity index (χ1) is 33.3. The predicted molar refractivity (Wildman–Crippen MR) is 272 cm³/mol. The van der Waals surface area contributed by atoms with Crippen LogP contribution in [-0.2, 0) is 20.6 Å². The van der Waals surface area contributed by atoms with E-state index in [2.05, 4.69) is 80.8 Å². The van der Waals surface area contributed by atoms with E-state index in [1.807, 2.05) is 17.0 Å². The summed E-state index contributed by atoms with van der Waals surface area (Å²) >= 11 is 3.61. The van der Waals surface area contributed by atoms with Crippen molar-refractivity contribution >= 4 is 85.5 Å². The summed E-state index contributed by atoms with van der Waals surface area (Å²) in [6.45, 7) is 14.4. The number of ether oxygens (including phenoxy) is 1. The van der Waals surface area contributed by atoms with Crippen LogP contribution in [0.3, 0.4) is 0 Å². The number of aromatic nitrogens is 4. The highest BCUT2D eigenvalue weighted by atomic mass is 79.9. The van der Waals surface area contributed by atoms with Crippen LogP contribution >= 0.6 is 23.1 Å². The molecule has 4 aliphatic heterocycles. The van der Waals surface area contributed by atoms with E-state index in [0.717, 1.165) is 114 Å². The highest BCUT2D eigenvalue weighted by Gasteiger charge is 2.34. The third-order valence-corrected chi connectivity index (χ3v) is 16.6. The lowest BCUT2D eigenvalue weighted by atomic mass is 9.89. The lowest BCUT2D eigenvalue weighted by Gasteiger charge is -2.44. The van der Waals surface area contributed by atoms with Gasteiger partial charge in [0.1, 0.15) is 30.3 Å². The topological polar surface area (TPSA) is 161 Å². The number of fused-ring (bicyclic) bond motifs is 1. The van der Waals surface area contributed by atoms with Crippen LogP contribution in [0, 0.1) is 17.6 Å². The van der Waals surface area contributed by atoms with Crippen molar-refractivity contribution in [2.24, 2.45) is 5.92 Å². The molecule has 15 nitrogen and oxygen atoms in total. The van der Waals surface area contributed by atoms with Crippen molar-refractivity contribution in [1.29, 1.82) is 0 Å². The molecule has 19 heteroatoms. The fourth-order valence-electron chi connectivity index (χ4n) is 10.7. The number of imide groups is 1. The lowest BCUT2D eigenvalue weighted by molar-refractivity contribution is -0.134. The largest absolute Gasteiger partial charge is 0.494 e. The summed E-state index contributed by atoms with van der Waals surface area (Å²) in [5, 5.41) is 19.4. The summed E-state index contributed by atoms with van der Waals surface area (Å²) < 4.78 is 50.6. The highest BCUT2D eigenvalue weighted by Crippen LogP contribution is 2.43. The van der Waals surface area contributed by atoms with Gasteiger partial charge in [-0.3, -0.25) is 19.8 Å². The van der Waals surface area contributed by atoms with E-state index in [-0.39, 0.29) is 18.4 Å². The van der Waals surface area contributed by atoms with Gasteiger partial charge in [-0.15, -0.1) is 0 Å². The van der Waals surface area contributed by atoms with Crippen molar-refractivity contribution in [3.8, 4) is 5.75 Å². The molecule has 366 valence electrons. The van der Waals surface area contributed by atoms with Crippen molar-refractivity contribution in [3.05, 3.63) is 82.2 Å². The predicted octanol–water partition coefficient (Wildman–Crippen LogP) is 8.18. The van der Waals surface area contributed by atoms with Crippen LogP contribution < -0.4 is 35.8 Å². The van der Waals surface area contributed by atoms with E-state index in [1.165, 1.54) is 23.4 Å². The van der Waals surface area contributed by atoms with Gasteiger partial charge in [-0.2, -0.15) is 15.2 Å². The van der Waals surface area contributed by atoms with Gasteiger partial charge in [0, 0.05) is 110 Å². The molecule has 0 radical (unpaired) electrons. The average molecular weight is 1030 g/mol.